The molecule has 0 nitrogen and oxygen atoms in total. The molecule has 0 heterocycles. The molecule has 0 saturated carbocycles. The largest absolute Gasteiger partial charge is 0.0839 e. The Kier molecular flexibility index (Phi) is 5.81. The summed E-state index contributed by atoms with van der Waals surface area (Å²) in [5, 5.41) is 0. The Morgan fingerprint density at radius 3 is 2.93 bits per heavy atom. The second-order valence-corrected chi connectivity index (χ2v) is 3.59. The van der Waals surface area contributed by atoms with Gasteiger partial charge in [0.15, 0.2) is 0 Å². The molecule has 0 bridgehead atoms. The molecule has 0 spiro atoms. The minimum atomic E-state index is 1.20. The average molecular weight is 187 g/mol. The van der Waals surface area contributed by atoms with E-state index in [0.29, 0.717) is 0 Å². The van der Waals surface area contributed by atoms with Crippen molar-refractivity contribution in [1.82, 2.24) is 0 Å². The van der Waals surface area contributed by atoms with E-state index in [0.717, 1.165) is 0 Å². The number of rotatable bonds is 6. The predicted octanol–water partition coefficient (Wildman–Crippen LogP) is 4.47. The highest BCUT2D eigenvalue weighted by Crippen LogP contribution is 2.06. The summed E-state index contributed by atoms with van der Waals surface area (Å²) in [6.45, 7) is 2.25. The van der Waals surface area contributed by atoms with Gasteiger partial charge in [0.05, 0.1) is 0 Å². The normalized spacial score (nSPS) is 10.9. The van der Waals surface area contributed by atoms with E-state index in [-0.39, 0.29) is 0 Å². The third-order valence-corrected chi connectivity index (χ3v) is 2.27. The van der Waals surface area contributed by atoms with Crippen LogP contribution in [0, 0.1) is 6.07 Å². The molecule has 1 aromatic rings. The average Bonchev–Trinajstić information content (AvgIpc) is 2.25. The number of benzene rings is 1. The zero-order valence-electron chi connectivity index (χ0n) is 9.00. The minimum Gasteiger partial charge on any atom is -0.0839 e. The number of hydrogen-bond acceptors (Lipinski definition) is 0. The third kappa shape index (κ3) is 4.86. The first kappa shape index (κ1) is 11.0. The van der Waals surface area contributed by atoms with E-state index in [1.165, 1.54) is 37.7 Å². The fourth-order valence-corrected chi connectivity index (χ4v) is 1.42. The standard InChI is InChI=1S/C14H19/c1-2-3-4-5-6-8-11-14-12-9-7-10-13-14/h7-9,11-13H,2-6H2,1H3/b11-8+. The molecular weight excluding hydrogens is 168 g/mol. The van der Waals surface area contributed by atoms with Gasteiger partial charge in [0.25, 0.3) is 0 Å². The lowest BCUT2D eigenvalue weighted by molar-refractivity contribution is 0.675. The van der Waals surface area contributed by atoms with Crippen molar-refractivity contribution in [3.63, 3.8) is 0 Å². The lowest BCUT2D eigenvalue weighted by atomic mass is 10.1. The van der Waals surface area contributed by atoms with Crippen LogP contribution in [-0.2, 0) is 0 Å². The Hall–Kier alpha value is -1.04. The van der Waals surface area contributed by atoms with Crippen LogP contribution in [0.1, 0.15) is 44.6 Å². The highest BCUT2D eigenvalue weighted by Gasteiger charge is 1.85. The lowest BCUT2D eigenvalue weighted by Crippen LogP contribution is -1.74. The molecule has 1 rings (SSSR count). The third-order valence-electron chi connectivity index (χ3n) is 2.27. The molecule has 1 aromatic carbocycles. The number of allylic oxidation sites excluding steroid dienone is 1. The summed E-state index contributed by atoms with van der Waals surface area (Å²) in [5.41, 5.74) is 1.25. The quantitative estimate of drug-likeness (QED) is 0.576. The van der Waals surface area contributed by atoms with Crippen LogP contribution < -0.4 is 0 Å². The summed E-state index contributed by atoms with van der Waals surface area (Å²) in [6.07, 6.45) is 11.0. The molecule has 14 heavy (non-hydrogen) atoms. The maximum atomic E-state index is 3.07. The Labute approximate surface area is 87.7 Å². The summed E-state index contributed by atoms with van der Waals surface area (Å²) in [6, 6.07) is 11.2. The van der Waals surface area contributed by atoms with Crippen molar-refractivity contribution in [2.75, 3.05) is 0 Å². The molecule has 0 fully saturated rings. The Bertz CT molecular complexity index is 246. The summed E-state index contributed by atoms with van der Waals surface area (Å²) in [7, 11) is 0. The molecule has 0 amide bonds. The molecule has 1 radical (unpaired) electrons. The van der Waals surface area contributed by atoms with Gasteiger partial charge in [-0.05, 0) is 30.5 Å². The van der Waals surface area contributed by atoms with Crippen molar-refractivity contribution in [1.29, 1.82) is 0 Å². The van der Waals surface area contributed by atoms with E-state index < -0.39 is 0 Å². The maximum absolute atomic E-state index is 3.07. The summed E-state index contributed by atoms with van der Waals surface area (Å²) in [4.78, 5) is 0. The van der Waals surface area contributed by atoms with Crippen LogP contribution in [0.4, 0.5) is 0 Å². The highest BCUT2D eigenvalue weighted by atomic mass is 13.9. The van der Waals surface area contributed by atoms with Gasteiger partial charge in [0.1, 0.15) is 0 Å². The predicted molar refractivity (Wildman–Crippen MR) is 63.1 cm³/mol. The molecule has 75 valence electrons. The Balaban J connectivity index is 2.15. The molecule has 0 aliphatic carbocycles. The number of unbranched alkanes of at least 4 members (excludes halogenated alkanes) is 4. The fraction of sp³-hybridized carbons (Fsp3) is 0.429. The monoisotopic (exact) mass is 187 g/mol. The Morgan fingerprint density at radius 2 is 2.21 bits per heavy atom. The van der Waals surface area contributed by atoms with Gasteiger partial charge >= 0.3 is 0 Å². The Morgan fingerprint density at radius 1 is 1.29 bits per heavy atom. The lowest BCUT2D eigenvalue weighted by Gasteiger charge is -1.94. The topological polar surface area (TPSA) is 0 Å². The minimum absolute atomic E-state index is 1.20. The summed E-state index contributed by atoms with van der Waals surface area (Å²) >= 11 is 0. The second-order valence-electron chi connectivity index (χ2n) is 3.59. The van der Waals surface area contributed by atoms with Gasteiger partial charge in [-0.1, -0.05) is 56.5 Å². The molecule has 0 aromatic heterocycles. The highest BCUT2D eigenvalue weighted by molar-refractivity contribution is 5.48. The first-order valence-electron chi connectivity index (χ1n) is 5.56. The second kappa shape index (κ2) is 7.37. The first-order valence-corrected chi connectivity index (χ1v) is 5.56. The van der Waals surface area contributed by atoms with Crippen molar-refractivity contribution < 1.29 is 0 Å². The van der Waals surface area contributed by atoms with Gasteiger partial charge in [-0.3, -0.25) is 0 Å². The van der Waals surface area contributed by atoms with Crippen molar-refractivity contribution >= 4 is 6.08 Å². The van der Waals surface area contributed by atoms with Crippen molar-refractivity contribution in [2.24, 2.45) is 0 Å². The van der Waals surface area contributed by atoms with E-state index in [2.05, 4.69) is 31.2 Å². The fourth-order valence-electron chi connectivity index (χ4n) is 1.42. The van der Waals surface area contributed by atoms with Crippen molar-refractivity contribution in [2.45, 2.75) is 39.0 Å². The summed E-state index contributed by atoms with van der Waals surface area (Å²) in [5.74, 6) is 0. The van der Waals surface area contributed by atoms with Crippen molar-refractivity contribution in [3.8, 4) is 0 Å². The van der Waals surface area contributed by atoms with Gasteiger partial charge in [-0.25, -0.2) is 0 Å². The zero-order chi connectivity index (χ0) is 10.1. The van der Waals surface area contributed by atoms with Gasteiger partial charge in [0, 0.05) is 0 Å². The smallest absolute Gasteiger partial charge is 0.0178 e. The molecule has 0 atom stereocenters. The molecule has 0 aliphatic rings. The van der Waals surface area contributed by atoms with E-state index in [1.54, 1.807) is 0 Å². The summed E-state index contributed by atoms with van der Waals surface area (Å²) < 4.78 is 0. The van der Waals surface area contributed by atoms with Gasteiger partial charge in [0.2, 0.25) is 0 Å². The SMILES string of the molecule is CCCCCC/C=C/c1c[c]ccc1. The van der Waals surface area contributed by atoms with E-state index >= 15 is 0 Å². The van der Waals surface area contributed by atoms with Crippen molar-refractivity contribution in [3.05, 3.63) is 42.0 Å². The maximum Gasteiger partial charge on any atom is -0.0178 e. The molecule has 0 unspecified atom stereocenters. The molecule has 0 aliphatic heterocycles. The van der Waals surface area contributed by atoms with Crippen LogP contribution in [0.5, 0.6) is 0 Å². The van der Waals surface area contributed by atoms with Crippen LogP contribution in [0.2, 0.25) is 0 Å². The van der Waals surface area contributed by atoms with Gasteiger partial charge in [-0.15, -0.1) is 0 Å². The van der Waals surface area contributed by atoms with Gasteiger partial charge < -0.3 is 0 Å². The molecular formula is C14H19. The van der Waals surface area contributed by atoms with Gasteiger partial charge in [-0.2, -0.15) is 0 Å². The molecule has 0 N–H and O–H groups in total. The van der Waals surface area contributed by atoms with Crippen LogP contribution in [-0.4, -0.2) is 0 Å². The zero-order valence-corrected chi connectivity index (χ0v) is 9.00. The first-order chi connectivity index (χ1) is 6.93. The van der Waals surface area contributed by atoms with E-state index in [4.69, 9.17) is 0 Å². The molecule has 0 saturated heterocycles. The molecule has 0 heteroatoms. The van der Waals surface area contributed by atoms with Crippen LogP contribution >= 0.6 is 0 Å². The number of hydrogen-bond donors (Lipinski definition) is 0. The van der Waals surface area contributed by atoms with Crippen LogP contribution in [0.3, 0.4) is 0 Å². The van der Waals surface area contributed by atoms with E-state index in [9.17, 15) is 0 Å². The van der Waals surface area contributed by atoms with E-state index in [1.807, 2.05) is 18.2 Å². The van der Waals surface area contributed by atoms with Crippen LogP contribution in [0.15, 0.2) is 30.3 Å². The van der Waals surface area contributed by atoms with Crippen LogP contribution in [0.25, 0.3) is 6.08 Å².